The summed E-state index contributed by atoms with van der Waals surface area (Å²) in [6, 6.07) is 4.52. The molecule has 0 spiro atoms. The lowest BCUT2D eigenvalue weighted by Gasteiger charge is -2.17. The van der Waals surface area contributed by atoms with Gasteiger partial charge in [-0.1, -0.05) is 13.8 Å². The van der Waals surface area contributed by atoms with E-state index in [1.165, 1.54) is 6.42 Å². The van der Waals surface area contributed by atoms with E-state index in [1.807, 2.05) is 25.4 Å². The molecule has 0 bridgehead atoms. The van der Waals surface area contributed by atoms with E-state index in [1.54, 1.807) is 0 Å². The Morgan fingerprint density at radius 1 is 1.33 bits per heavy atom. The fourth-order valence-electron chi connectivity index (χ4n) is 1.71. The molecular weight excluding hydrogens is 186 g/mol. The van der Waals surface area contributed by atoms with Crippen LogP contribution >= 0.6 is 0 Å². The summed E-state index contributed by atoms with van der Waals surface area (Å²) in [6.45, 7) is 6.69. The molecule has 0 fully saturated rings. The lowest BCUT2D eigenvalue weighted by molar-refractivity contribution is 0.540. The fraction of sp³-hybridized carbons (Fsp3) is 0.583. The number of rotatable bonds is 5. The lowest BCUT2D eigenvalue weighted by atomic mass is 10.1. The third-order valence-electron chi connectivity index (χ3n) is 2.25. The molecule has 0 amide bonds. The maximum absolute atomic E-state index is 4.17. The standard InChI is InChI=1S/C12H21N3/c1-9(2)7-10(3)15-11-5-6-14-12(8-11)13-4/h5-6,8-10H,7H2,1-4H3,(H2,13,14,15). The summed E-state index contributed by atoms with van der Waals surface area (Å²) >= 11 is 0. The van der Waals surface area contributed by atoms with Crippen molar-refractivity contribution < 1.29 is 0 Å². The first-order valence-corrected chi connectivity index (χ1v) is 5.52. The zero-order valence-corrected chi connectivity index (χ0v) is 10.0. The normalized spacial score (nSPS) is 12.6. The molecule has 84 valence electrons. The minimum absolute atomic E-state index is 0.497. The number of pyridine rings is 1. The summed E-state index contributed by atoms with van der Waals surface area (Å²) in [5.41, 5.74) is 1.13. The van der Waals surface area contributed by atoms with E-state index < -0.39 is 0 Å². The molecule has 1 aromatic heterocycles. The van der Waals surface area contributed by atoms with Crippen LogP contribution in [0.1, 0.15) is 27.2 Å². The number of hydrogen-bond acceptors (Lipinski definition) is 3. The van der Waals surface area contributed by atoms with E-state index in [0.29, 0.717) is 6.04 Å². The van der Waals surface area contributed by atoms with Crippen molar-refractivity contribution in [2.45, 2.75) is 33.2 Å². The molecule has 2 N–H and O–H groups in total. The van der Waals surface area contributed by atoms with Crippen molar-refractivity contribution in [3.63, 3.8) is 0 Å². The van der Waals surface area contributed by atoms with Gasteiger partial charge in [0.05, 0.1) is 0 Å². The molecule has 1 unspecified atom stereocenters. The van der Waals surface area contributed by atoms with Crippen LogP contribution in [0.2, 0.25) is 0 Å². The van der Waals surface area contributed by atoms with Crippen molar-refractivity contribution in [3.8, 4) is 0 Å². The van der Waals surface area contributed by atoms with Gasteiger partial charge in [0, 0.05) is 31.0 Å². The summed E-state index contributed by atoms with van der Waals surface area (Å²) in [7, 11) is 1.88. The third kappa shape index (κ3) is 4.19. The molecule has 3 heteroatoms. The average molecular weight is 207 g/mol. The molecule has 0 saturated heterocycles. The van der Waals surface area contributed by atoms with Crippen molar-refractivity contribution in [3.05, 3.63) is 18.3 Å². The van der Waals surface area contributed by atoms with E-state index in [0.717, 1.165) is 17.4 Å². The smallest absolute Gasteiger partial charge is 0.127 e. The van der Waals surface area contributed by atoms with Crippen LogP contribution in [0, 0.1) is 5.92 Å². The Morgan fingerprint density at radius 2 is 2.07 bits per heavy atom. The van der Waals surface area contributed by atoms with Gasteiger partial charge in [0.1, 0.15) is 5.82 Å². The number of nitrogens with zero attached hydrogens (tertiary/aromatic N) is 1. The van der Waals surface area contributed by atoms with Gasteiger partial charge in [0.2, 0.25) is 0 Å². The second-order valence-corrected chi connectivity index (χ2v) is 4.35. The van der Waals surface area contributed by atoms with Gasteiger partial charge in [0.25, 0.3) is 0 Å². The Labute approximate surface area is 92.3 Å². The highest BCUT2D eigenvalue weighted by molar-refractivity contribution is 5.51. The van der Waals surface area contributed by atoms with Crippen molar-refractivity contribution in [1.29, 1.82) is 0 Å². The first kappa shape index (κ1) is 11.8. The van der Waals surface area contributed by atoms with E-state index in [4.69, 9.17) is 0 Å². The molecule has 1 aromatic rings. The van der Waals surface area contributed by atoms with E-state index in [2.05, 4.69) is 36.4 Å². The molecule has 0 aliphatic carbocycles. The molecule has 1 rings (SSSR count). The summed E-state index contributed by atoms with van der Waals surface area (Å²) in [4.78, 5) is 4.17. The number of anilines is 2. The van der Waals surface area contributed by atoms with Gasteiger partial charge >= 0.3 is 0 Å². The topological polar surface area (TPSA) is 37.0 Å². The van der Waals surface area contributed by atoms with Crippen molar-refractivity contribution in [1.82, 2.24) is 4.98 Å². The van der Waals surface area contributed by atoms with Crippen LogP contribution in [0.25, 0.3) is 0 Å². The van der Waals surface area contributed by atoms with Crippen molar-refractivity contribution >= 4 is 11.5 Å². The number of nitrogens with one attached hydrogen (secondary N) is 2. The molecule has 0 radical (unpaired) electrons. The molecule has 1 atom stereocenters. The van der Waals surface area contributed by atoms with Crippen LogP contribution in [-0.2, 0) is 0 Å². The van der Waals surface area contributed by atoms with E-state index in [9.17, 15) is 0 Å². The monoisotopic (exact) mass is 207 g/mol. The molecular formula is C12H21N3. The Balaban J connectivity index is 2.55. The number of aromatic nitrogens is 1. The largest absolute Gasteiger partial charge is 0.382 e. The third-order valence-corrected chi connectivity index (χ3v) is 2.25. The Hall–Kier alpha value is -1.25. The van der Waals surface area contributed by atoms with Gasteiger partial charge in [-0.05, 0) is 25.3 Å². The first-order valence-electron chi connectivity index (χ1n) is 5.52. The summed E-state index contributed by atoms with van der Waals surface area (Å²) in [5, 5.41) is 6.50. The SMILES string of the molecule is CNc1cc(NC(C)CC(C)C)ccn1. The highest BCUT2D eigenvalue weighted by Gasteiger charge is 2.04. The number of hydrogen-bond donors (Lipinski definition) is 2. The van der Waals surface area contributed by atoms with Gasteiger partial charge in [-0.15, -0.1) is 0 Å². The van der Waals surface area contributed by atoms with Gasteiger partial charge < -0.3 is 10.6 Å². The second-order valence-electron chi connectivity index (χ2n) is 4.35. The average Bonchev–Trinajstić information content (AvgIpc) is 2.16. The fourth-order valence-corrected chi connectivity index (χ4v) is 1.71. The quantitative estimate of drug-likeness (QED) is 0.779. The predicted molar refractivity (Wildman–Crippen MR) is 66.3 cm³/mol. The van der Waals surface area contributed by atoms with Gasteiger partial charge in [-0.25, -0.2) is 4.98 Å². The van der Waals surface area contributed by atoms with Crippen molar-refractivity contribution in [2.24, 2.45) is 5.92 Å². The summed E-state index contributed by atoms with van der Waals surface area (Å²) in [5.74, 6) is 1.62. The molecule has 0 aliphatic heterocycles. The van der Waals surface area contributed by atoms with Crippen LogP contribution in [0.5, 0.6) is 0 Å². The van der Waals surface area contributed by atoms with E-state index >= 15 is 0 Å². The van der Waals surface area contributed by atoms with Gasteiger partial charge in [0.15, 0.2) is 0 Å². The maximum Gasteiger partial charge on any atom is 0.127 e. The highest BCUT2D eigenvalue weighted by Crippen LogP contribution is 2.15. The summed E-state index contributed by atoms with van der Waals surface area (Å²) in [6.07, 6.45) is 2.99. The Morgan fingerprint density at radius 3 is 2.67 bits per heavy atom. The van der Waals surface area contributed by atoms with Crippen LogP contribution < -0.4 is 10.6 Å². The van der Waals surface area contributed by atoms with Crippen molar-refractivity contribution in [2.75, 3.05) is 17.7 Å². The van der Waals surface area contributed by atoms with Crippen LogP contribution in [0.4, 0.5) is 11.5 Å². The highest BCUT2D eigenvalue weighted by atomic mass is 15.0. The molecule has 1 heterocycles. The van der Waals surface area contributed by atoms with Crippen LogP contribution in [0.3, 0.4) is 0 Å². The Kier molecular flexibility index (Phi) is 4.40. The van der Waals surface area contributed by atoms with E-state index in [-0.39, 0.29) is 0 Å². The zero-order valence-electron chi connectivity index (χ0n) is 10.0. The Bertz CT molecular complexity index is 297. The van der Waals surface area contributed by atoms with Gasteiger partial charge in [-0.3, -0.25) is 0 Å². The molecule has 3 nitrogen and oxygen atoms in total. The summed E-state index contributed by atoms with van der Waals surface area (Å²) < 4.78 is 0. The molecule has 0 aliphatic rings. The second kappa shape index (κ2) is 5.59. The molecule has 15 heavy (non-hydrogen) atoms. The lowest BCUT2D eigenvalue weighted by Crippen LogP contribution is -2.17. The minimum Gasteiger partial charge on any atom is -0.382 e. The minimum atomic E-state index is 0.497. The zero-order chi connectivity index (χ0) is 11.3. The molecule has 0 saturated carbocycles. The molecule has 0 aromatic carbocycles. The van der Waals surface area contributed by atoms with Gasteiger partial charge in [-0.2, -0.15) is 0 Å². The predicted octanol–water partition coefficient (Wildman–Crippen LogP) is 2.97. The van der Waals surface area contributed by atoms with Crippen LogP contribution in [-0.4, -0.2) is 18.1 Å². The maximum atomic E-state index is 4.17. The first-order chi connectivity index (χ1) is 7.11. The van der Waals surface area contributed by atoms with Crippen LogP contribution in [0.15, 0.2) is 18.3 Å².